The van der Waals surface area contributed by atoms with E-state index in [0.717, 1.165) is 6.54 Å². The Hall–Kier alpha value is -0.720. The van der Waals surface area contributed by atoms with Gasteiger partial charge in [-0.25, -0.2) is 0 Å². The first-order chi connectivity index (χ1) is 4.60. The van der Waals surface area contributed by atoms with E-state index in [-0.39, 0.29) is 5.41 Å². The summed E-state index contributed by atoms with van der Waals surface area (Å²) in [4.78, 5) is 2.17. The van der Waals surface area contributed by atoms with Gasteiger partial charge in [-0.3, -0.25) is 0 Å². The van der Waals surface area contributed by atoms with Gasteiger partial charge in [0.2, 0.25) is 0 Å². The Morgan fingerprint density at radius 2 is 2.00 bits per heavy atom. The van der Waals surface area contributed by atoms with Crippen LogP contribution in [0.15, 0.2) is 24.4 Å². The topological polar surface area (TPSA) is 3.24 Å². The highest BCUT2D eigenvalue weighted by Gasteiger charge is 2.10. The van der Waals surface area contributed by atoms with Crippen LogP contribution in [0.4, 0.5) is 0 Å². The minimum atomic E-state index is 0.241. The number of allylic oxidation sites excluding steroid dienone is 2. The summed E-state index contributed by atoms with van der Waals surface area (Å²) in [5.41, 5.74) is 0.241. The summed E-state index contributed by atoms with van der Waals surface area (Å²) in [5.74, 6) is 0. The van der Waals surface area contributed by atoms with Crippen molar-refractivity contribution in [2.24, 2.45) is 5.41 Å². The fraction of sp³-hybridized carbons (Fsp3) is 0.556. The number of likely N-dealkylation sites (N-methyl/N-ethyl adjacent to an activating group) is 1. The first kappa shape index (κ1) is 7.39. The average molecular weight is 137 g/mol. The van der Waals surface area contributed by atoms with Crippen molar-refractivity contribution < 1.29 is 0 Å². The van der Waals surface area contributed by atoms with Crippen molar-refractivity contribution in [3.63, 3.8) is 0 Å². The molecule has 1 aliphatic rings. The zero-order valence-corrected chi connectivity index (χ0v) is 6.96. The highest BCUT2D eigenvalue weighted by molar-refractivity contribution is 5.10. The van der Waals surface area contributed by atoms with Gasteiger partial charge in [0.1, 0.15) is 0 Å². The van der Waals surface area contributed by atoms with Crippen LogP contribution in [0.5, 0.6) is 0 Å². The Kier molecular flexibility index (Phi) is 1.84. The molecule has 0 spiro atoms. The van der Waals surface area contributed by atoms with Gasteiger partial charge in [0, 0.05) is 19.0 Å². The van der Waals surface area contributed by atoms with Crippen molar-refractivity contribution in [1.29, 1.82) is 0 Å². The van der Waals surface area contributed by atoms with Crippen LogP contribution >= 0.6 is 0 Å². The fourth-order valence-electron chi connectivity index (χ4n) is 0.958. The third kappa shape index (κ3) is 1.90. The molecule has 0 atom stereocenters. The van der Waals surface area contributed by atoms with E-state index in [1.165, 1.54) is 0 Å². The van der Waals surface area contributed by atoms with Crippen LogP contribution in [0, 0.1) is 5.41 Å². The lowest BCUT2D eigenvalue weighted by atomic mass is 9.94. The minimum absolute atomic E-state index is 0.241. The van der Waals surface area contributed by atoms with Crippen molar-refractivity contribution in [2.45, 2.75) is 13.8 Å². The second-order valence-electron chi connectivity index (χ2n) is 3.48. The smallest absolute Gasteiger partial charge is 0.0351 e. The summed E-state index contributed by atoms with van der Waals surface area (Å²) in [6.07, 6.45) is 8.81. The SMILES string of the molecule is CN1C=CC(C)(C)C=CC1. The zero-order chi connectivity index (χ0) is 7.61. The van der Waals surface area contributed by atoms with Crippen LogP contribution < -0.4 is 0 Å². The molecule has 1 nitrogen and oxygen atoms in total. The molecule has 0 saturated heterocycles. The molecule has 1 rings (SSSR count). The number of hydrogen-bond donors (Lipinski definition) is 0. The molecule has 0 bridgehead atoms. The lowest BCUT2D eigenvalue weighted by Gasteiger charge is -2.12. The fourth-order valence-corrected chi connectivity index (χ4v) is 0.958. The van der Waals surface area contributed by atoms with E-state index >= 15 is 0 Å². The maximum Gasteiger partial charge on any atom is 0.0351 e. The van der Waals surface area contributed by atoms with Gasteiger partial charge in [-0.15, -0.1) is 0 Å². The minimum Gasteiger partial charge on any atom is -0.377 e. The molecule has 0 aromatic carbocycles. The van der Waals surface area contributed by atoms with E-state index < -0.39 is 0 Å². The molecule has 1 aliphatic heterocycles. The van der Waals surface area contributed by atoms with Crippen LogP contribution in [0.25, 0.3) is 0 Å². The molecule has 56 valence electrons. The Morgan fingerprint density at radius 3 is 2.70 bits per heavy atom. The van der Waals surface area contributed by atoms with Crippen LogP contribution in [-0.4, -0.2) is 18.5 Å². The first-order valence-electron chi connectivity index (χ1n) is 3.67. The third-order valence-electron chi connectivity index (χ3n) is 1.70. The molecule has 1 heterocycles. The lowest BCUT2D eigenvalue weighted by Crippen LogP contribution is -2.08. The predicted octanol–water partition coefficient (Wildman–Crippen LogP) is 2.03. The van der Waals surface area contributed by atoms with Crippen molar-refractivity contribution >= 4 is 0 Å². The Labute approximate surface area is 63.0 Å². The molecule has 10 heavy (non-hydrogen) atoms. The van der Waals surface area contributed by atoms with Gasteiger partial charge in [-0.1, -0.05) is 32.1 Å². The summed E-state index contributed by atoms with van der Waals surface area (Å²) < 4.78 is 0. The van der Waals surface area contributed by atoms with Gasteiger partial charge < -0.3 is 4.90 Å². The number of rotatable bonds is 0. The molecule has 0 aliphatic carbocycles. The molecule has 0 unspecified atom stereocenters. The molecule has 0 saturated carbocycles. The van der Waals surface area contributed by atoms with Crippen LogP contribution in [0.1, 0.15) is 13.8 Å². The van der Waals surface area contributed by atoms with Crippen molar-refractivity contribution in [2.75, 3.05) is 13.6 Å². The van der Waals surface area contributed by atoms with Crippen molar-refractivity contribution in [3.8, 4) is 0 Å². The van der Waals surface area contributed by atoms with E-state index in [0.29, 0.717) is 0 Å². The molecule has 1 heteroatoms. The van der Waals surface area contributed by atoms with Crippen molar-refractivity contribution in [3.05, 3.63) is 24.4 Å². The Morgan fingerprint density at radius 1 is 1.30 bits per heavy atom. The van der Waals surface area contributed by atoms with E-state index in [1.54, 1.807) is 0 Å². The van der Waals surface area contributed by atoms with Crippen LogP contribution in [-0.2, 0) is 0 Å². The Bertz CT molecular complexity index is 166. The summed E-state index contributed by atoms with van der Waals surface area (Å²) in [7, 11) is 2.09. The van der Waals surface area contributed by atoms with E-state index in [1.807, 2.05) is 0 Å². The average Bonchev–Trinajstić information content (AvgIpc) is 1.94. The van der Waals surface area contributed by atoms with Gasteiger partial charge in [-0.2, -0.15) is 0 Å². The largest absolute Gasteiger partial charge is 0.377 e. The monoisotopic (exact) mass is 137 g/mol. The third-order valence-corrected chi connectivity index (χ3v) is 1.70. The summed E-state index contributed by atoms with van der Waals surface area (Å²) in [5, 5.41) is 0. The van der Waals surface area contributed by atoms with Gasteiger partial charge in [0.05, 0.1) is 0 Å². The molecular formula is C9H15N. The van der Waals surface area contributed by atoms with E-state index in [2.05, 4.69) is 50.2 Å². The van der Waals surface area contributed by atoms with Crippen molar-refractivity contribution in [1.82, 2.24) is 4.90 Å². The highest BCUT2D eigenvalue weighted by atomic mass is 15.1. The second-order valence-corrected chi connectivity index (χ2v) is 3.48. The van der Waals surface area contributed by atoms with Gasteiger partial charge >= 0.3 is 0 Å². The molecule has 0 N–H and O–H groups in total. The number of hydrogen-bond acceptors (Lipinski definition) is 1. The standard InChI is InChI=1S/C9H15N/c1-9(2)5-4-7-10(3)8-6-9/h4-6,8H,7H2,1-3H3. The molecule has 0 amide bonds. The first-order valence-corrected chi connectivity index (χ1v) is 3.67. The number of nitrogens with zero attached hydrogens (tertiary/aromatic N) is 1. The zero-order valence-electron chi connectivity index (χ0n) is 6.96. The molecule has 0 aromatic heterocycles. The van der Waals surface area contributed by atoms with Gasteiger partial charge in [0.25, 0.3) is 0 Å². The van der Waals surface area contributed by atoms with Crippen LogP contribution in [0.3, 0.4) is 0 Å². The highest BCUT2D eigenvalue weighted by Crippen LogP contribution is 2.20. The molecular weight excluding hydrogens is 122 g/mol. The lowest BCUT2D eigenvalue weighted by molar-refractivity contribution is 0.508. The summed E-state index contributed by atoms with van der Waals surface area (Å²) >= 11 is 0. The maximum atomic E-state index is 2.24. The summed E-state index contributed by atoms with van der Waals surface area (Å²) in [6.45, 7) is 5.44. The predicted molar refractivity (Wildman–Crippen MR) is 44.7 cm³/mol. The quantitative estimate of drug-likeness (QED) is 0.462. The summed E-state index contributed by atoms with van der Waals surface area (Å²) in [6, 6.07) is 0. The van der Waals surface area contributed by atoms with E-state index in [4.69, 9.17) is 0 Å². The Balaban J connectivity index is 2.74. The molecule has 0 radical (unpaired) electrons. The normalized spacial score (nSPS) is 22.9. The van der Waals surface area contributed by atoms with Gasteiger partial charge in [-0.05, 0) is 6.20 Å². The van der Waals surface area contributed by atoms with Gasteiger partial charge in [0.15, 0.2) is 0 Å². The molecule has 0 fully saturated rings. The maximum absolute atomic E-state index is 2.24. The van der Waals surface area contributed by atoms with Crippen LogP contribution in [0.2, 0.25) is 0 Å². The second kappa shape index (κ2) is 2.49. The molecule has 0 aromatic rings. The van der Waals surface area contributed by atoms with E-state index in [9.17, 15) is 0 Å².